The number of amides is 2. The highest BCUT2D eigenvalue weighted by molar-refractivity contribution is 6.54. The van der Waals surface area contributed by atoms with Crippen LogP contribution in [-0.2, 0) is 65.2 Å². The monoisotopic (exact) mass is 1050 g/mol. The van der Waals surface area contributed by atoms with E-state index in [1.165, 1.54) is 12.4 Å². The van der Waals surface area contributed by atoms with E-state index < -0.39 is 36.0 Å². The van der Waals surface area contributed by atoms with E-state index in [1.807, 2.05) is 48.5 Å². The summed E-state index contributed by atoms with van der Waals surface area (Å²) < 4.78 is 23.7. The summed E-state index contributed by atoms with van der Waals surface area (Å²) in [6, 6.07) is 29.6. The molecule has 2 heterocycles. The number of carbonyl (C=O) groups excluding carboxylic acids is 4. The fraction of sp³-hybridized carbons (Fsp3) is 0.290. The molecular formula is C62H62N6O10. The summed E-state index contributed by atoms with van der Waals surface area (Å²) in [5, 5.41) is 48.5. The van der Waals surface area contributed by atoms with Gasteiger partial charge < -0.3 is 39.8 Å². The summed E-state index contributed by atoms with van der Waals surface area (Å²) >= 11 is 0. The van der Waals surface area contributed by atoms with Crippen LogP contribution in [0.1, 0.15) is 133 Å². The average Bonchev–Trinajstić information content (AvgIpc) is 4.00. The van der Waals surface area contributed by atoms with Crippen LogP contribution in [0.4, 0.5) is 11.4 Å². The molecule has 78 heavy (non-hydrogen) atoms. The summed E-state index contributed by atoms with van der Waals surface area (Å²) in [6.07, 6.45) is 3.39. The van der Waals surface area contributed by atoms with Gasteiger partial charge in [-0.3, -0.25) is 9.59 Å². The maximum Gasteiger partial charge on any atom is 0.344 e. The number of hydrogen-bond acceptors (Lipinski definition) is 14. The molecule has 0 atom stereocenters. The SMILES string of the molecule is CCOC(=O)COc1c2cc(C(C)(C)C)cc1Cc1cc(/C=N/N=C3\C(=O)Nc4ccccc43)cc(c1O)Cc1cc(C(C)(C)C)cc(c1OCC(=O)OCC)Cc1cc(/C=N\N=C3C(=O)Nc4ccccc43)cc(c1O)C2. The van der Waals surface area contributed by atoms with Crippen molar-refractivity contribution in [2.75, 3.05) is 37.1 Å². The topological polar surface area (TPSA) is 219 Å². The van der Waals surface area contributed by atoms with Gasteiger partial charge in [-0.2, -0.15) is 10.2 Å². The number of aromatic hydroxyl groups is 2. The van der Waals surface area contributed by atoms with E-state index in [-0.39, 0.29) is 73.6 Å². The lowest BCUT2D eigenvalue weighted by Crippen LogP contribution is -2.18. The molecule has 0 unspecified atom stereocenters. The van der Waals surface area contributed by atoms with Crippen molar-refractivity contribution in [1.29, 1.82) is 0 Å². The zero-order valence-electron chi connectivity index (χ0n) is 45.0. The summed E-state index contributed by atoms with van der Waals surface area (Å²) in [5.41, 5.74) is 9.29. The largest absolute Gasteiger partial charge is 0.507 e. The predicted octanol–water partition coefficient (Wildman–Crippen LogP) is 9.80. The van der Waals surface area contributed by atoms with Gasteiger partial charge in [0, 0.05) is 36.8 Å². The first-order chi connectivity index (χ1) is 37.3. The molecule has 2 aliphatic heterocycles. The number of para-hydroxylation sites is 2. The molecule has 2 amide bonds. The number of nitrogens with one attached hydrogen (secondary N) is 2. The minimum atomic E-state index is -0.583. The molecule has 9 rings (SSSR count). The Labute approximate surface area is 452 Å². The Hall–Kier alpha value is -8.92. The van der Waals surface area contributed by atoms with Crippen molar-refractivity contribution in [3.63, 3.8) is 0 Å². The van der Waals surface area contributed by atoms with Gasteiger partial charge >= 0.3 is 11.9 Å². The van der Waals surface area contributed by atoms with Gasteiger partial charge in [0.05, 0.1) is 37.0 Å². The molecule has 0 fully saturated rings. The molecule has 6 aromatic rings. The fourth-order valence-electron chi connectivity index (χ4n) is 9.73. The Morgan fingerprint density at radius 3 is 1.18 bits per heavy atom. The average molecular weight is 1050 g/mol. The van der Waals surface area contributed by atoms with Crippen molar-refractivity contribution < 1.29 is 48.3 Å². The molecule has 16 heteroatoms. The molecule has 3 aliphatic rings. The molecule has 0 saturated heterocycles. The second-order valence-electron chi connectivity index (χ2n) is 21.4. The third-order valence-electron chi connectivity index (χ3n) is 13.6. The Bertz CT molecular complexity index is 3200. The number of carbonyl (C=O) groups is 4. The number of esters is 2. The van der Waals surface area contributed by atoms with E-state index >= 15 is 0 Å². The summed E-state index contributed by atoms with van der Waals surface area (Å²) in [6.45, 7) is 15.3. The van der Waals surface area contributed by atoms with Crippen molar-refractivity contribution in [3.05, 3.63) is 175 Å². The second-order valence-corrected chi connectivity index (χ2v) is 21.4. The van der Waals surface area contributed by atoms with Gasteiger partial charge in [-0.05, 0) is 128 Å². The van der Waals surface area contributed by atoms with Crippen molar-refractivity contribution in [3.8, 4) is 23.0 Å². The summed E-state index contributed by atoms with van der Waals surface area (Å²) in [7, 11) is 0. The van der Waals surface area contributed by atoms with E-state index in [4.69, 9.17) is 18.9 Å². The van der Waals surface area contributed by atoms with Gasteiger partial charge in [-0.25, -0.2) is 9.59 Å². The molecule has 1 aliphatic carbocycles. The van der Waals surface area contributed by atoms with Crippen LogP contribution in [0.5, 0.6) is 23.0 Å². The lowest BCUT2D eigenvalue weighted by atomic mass is 9.81. The van der Waals surface area contributed by atoms with Crippen LogP contribution in [0.15, 0.2) is 117 Å². The minimum absolute atomic E-state index is 0.0262. The van der Waals surface area contributed by atoms with Crippen LogP contribution < -0.4 is 20.1 Å². The predicted molar refractivity (Wildman–Crippen MR) is 300 cm³/mol. The molecule has 8 bridgehead atoms. The van der Waals surface area contributed by atoms with Crippen LogP contribution in [-0.4, -0.2) is 84.2 Å². The summed E-state index contributed by atoms with van der Waals surface area (Å²) in [5.74, 6) is -1.28. The van der Waals surface area contributed by atoms with E-state index in [2.05, 4.69) is 72.6 Å². The highest BCUT2D eigenvalue weighted by Crippen LogP contribution is 2.42. The Morgan fingerprint density at radius 2 is 0.859 bits per heavy atom. The van der Waals surface area contributed by atoms with Crippen molar-refractivity contribution in [1.82, 2.24) is 0 Å². The van der Waals surface area contributed by atoms with Crippen LogP contribution in [0.2, 0.25) is 0 Å². The molecule has 16 nitrogen and oxygen atoms in total. The number of ether oxygens (including phenoxy) is 4. The van der Waals surface area contributed by atoms with Crippen LogP contribution in [0, 0.1) is 0 Å². The number of rotatable bonds is 12. The van der Waals surface area contributed by atoms with E-state index in [0.29, 0.717) is 89.6 Å². The number of anilines is 2. The van der Waals surface area contributed by atoms with Crippen molar-refractivity contribution in [2.45, 2.75) is 91.9 Å². The maximum atomic E-state index is 13.1. The van der Waals surface area contributed by atoms with Crippen LogP contribution >= 0.6 is 0 Å². The fourth-order valence-corrected chi connectivity index (χ4v) is 9.73. The van der Waals surface area contributed by atoms with Gasteiger partial charge in [0.2, 0.25) is 0 Å². The highest BCUT2D eigenvalue weighted by atomic mass is 16.6. The van der Waals surface area contributed by atoms with Gasteiger partial charge in [0.1, 0.15) is 23.0 Å². The van der Waals surface area contributed by atoms with Crippen molar-refractivity contribution in [2.24, 2.45) is 20.4 Å². The van der Waals surface area contributed by atoms with Crippen LogP contribution in [0.3, 0.4) is 0 Å². The molecule has 6 aromatic carbocycles. The number of nitrogens with zero attached hydrogens (tertiary/aromatic N) is 4. The standard InChI is InChI=1S/C62H62N6O10/c1-9-75-51(69)33-77-57-41-23-37-19-35(31-63-67-53-47-15-11-13-17-49(47)65-59(53)73)21-39(55(37)71)25-43-29-46(62(6,7)8)30-44(58(43)78-34-52(70)76-10-2)26-40-22-36(32-64-68-54-48-16-12-14-18-50(48)66-60(54)74)20-38(56(40)72)24-42(57)28-45(27-41)61(3,4)5/h11-22,27-32,71-72H,9-10,23-26,33-34H2,1-8H3,(H,65,67,73)(H,66,68,74)/b63-31-,64-32+. The molecule has 0 spiro atoms. The number of benzene rings is 6. The Kier molecular flexibility index (Phi) is 15.4. The molecule has 0 aromatic heterocycles. The zero-order valence-corrected chi connectivity index (χ0v) is 45.0. The smallest absolute Gasteiger partial charge is 0.344 e. The molecular weight excluding hydrogens is 989 g/mol. The third-order valence-corrected chi connectivity index (χ3v) is 13.6. The third kappa shape index (κ3) is 11.9. The summed E-state index contributed by atoms with van der Waals surface area (Å²) in [4.78, 5) is 52.3. The van der Waals surface area contributed by atoms with Crippen molar-refractivity contribution >= 4 is 59.0 Å². The number of fused-ring (bicyclic) bond motifs is 10. The lowest BCUT2D eigenvalue weighted by molar-refractivity contribution is -0.146. The lowest BCUT2D eigenvalue weighted by Gasteiger charge is -2.26. The second kappa shape index (κ2) is 22.3. The Morgan fingerprint density at radius 1 is 0.526 bits per heavy atom. The quantitative estimate of drug-likeness (QED) is 0.0516. The van der Waals surface area contributed by atoms with E-state index in [9.17, 15) is 29.4 Å². The van der Waals surface area contributed by atoms with Gasteiger partial charge in [0.25, 0.3) is 11.8 Å². The first-order valence-electron chi connectivity index (χ1n) is 25.9. The maximum absolute atomic E-state index is 13.1. The van der Waals surface area contributed by atoms with Gasteiger partial charge in [-0.1, -0.05) is 102 Å². The molecule has 0 radical (unpaired) electrons. The van der Waals surface area contributed by atoms with E-state index in [0.717, 1.165) is 11.1 Å². The Balaban J connectivity index is 1.28. The van der Waals surface area contributed by atoms with Crippen LogP contribution in [0.25, 0.3) is 0 Å². The number of hydrogen-bond donors (Lipinski definition) is 4. The normalized spacial score (nSPS) is 15.1. The van der Waals surface area contributed by atoms with E-state index in [1.54, 1.807) is 62.4 Å². The zero-order chi connectivity index (χ0) is 55.5. The first kappa shape index (κ1) is 53.9. The minimum Gasteiger partial charge on any atom is -0.507 e. The van der Waals surface area contributed by atoms with Gasteiger partial charge in [0.15, 0.2) is 24.6 Å². The molecule has 0 saturated carbocycles. The molecule has 4 N–H and O–H groups in total. The number of phenols is 2. The molecule has 400 valence electrons. The number of phenolic OH excluding ortho intramolecular Hbond substituents is 2. The highest BCUT2D eigenvalue weighted by Gasteiger charge is 2.29. The first-order valence-corrected chi connectivity index (χ1v) is 25.9. The van der Waals surface area contributed by atoms with Gasteiger partial charge in [-0.15, -0.1) is 10.2 Å².